The molecule has 1 saturated carbocycles. The normalized spacial score (nSPS) is 18.4. The second-order valence-electron chi connectivity index (χ2n) is 8.23. The molecule has 2 aromatic carbocycles. The van der Waals surface area contributed by atoms with Gasteiger partial charge in [-0.05, 0) is 49.9 Å². The zero-order valence-corrected chi connectivity index (χ0v) is 19.4. The molecule has 1 fully saturated rings. The Balaban J connectivity index is 1.39. The molecule has 1 aliphatic carbocycles. The highest BCUT2D eigenvalue weighted by Gasteiger charge is 2.25. The van der Waals surface area contributed by atoms with Gasteiger partial charge in [-0.2, -0.15) is 4.98 Å². The Morgan fingerprint density at radius 2 is 1.75 bits per heavy atom. The Labute approximate surface area is 196 Å². The highest BCUT2D eigenvalue weighted by atomic mass is 35.5. The van der Waals surface area contributed by atoms with Crippen LogP contribution in [0, 0.1) is 0 Å². The van der Waals surface area contributed by atoms with Crippen LogP contribution in [0.5, 0.6) is 5.75 Å². The number of phenolic OH excluding ortho intramolecular Hbond substituents is 1. The summed E-state index contributed by atoms with van der Waals surface area (Å²) in [6, 6.07) is 11.0. The van der Waals surface area contributed by atoms with Gasteiger partial charge >= 0.3 is 0 Å². The van der Waals surface area contributed by atoms with Gasteiger partial charge in [-0.3, -0.25) is 4.79 Å². The van der Waals surface area contributed by atoms with E-state index in [0.29, 0.717) is 11.0 Å². The van der Waals surface area contributed by atoms with Crippen LogP contribution < -0.4 is 15.5 Å². The highest BCUT2D eigenvalue weighted by Crippen LogP contribution is 2.32. The minimum Gasteiger partial charge on any atom is -0.506 e. The Hall–Kier alpha value is -2.77. The molecule has 0 unspecified atom stereocenters. The third-order valence-corrected chi connectivity index (χ3v) is 6.18. The average Bonchev–Trinajstić information content (AvgIpc) is 2.77. The summed E-state index contributed by atoms with van der Waals surface area (Å²) in [7, 11) is 3.94. The molecule has 32 heavy (non-hydrogen) atoms. The fourth-order valence-electron chi connectivity index (χ4n) is 4.03. The second-order valence-corrected chi connectivity index (χ2v) is 9.08. The van der Waals surface area contributed by atoms with Crippen LogP contribution in [0.4, 0.5) is 11.8 Å². The first-order valence-electron chi connectivity index (χ1n) is 10.5. The molecule has 0 aliphatic heterocycles. The van der Waals surface area contributed by atoms with E-state index in [0.717, 1.165) is 42.4 Å². The molecular weight excluding hydrogens is 449 g/mol. The lowest BCUT2D eigenvalue weighted by molar-refractivity contribution is 0.0924. The van der Waals surface area contributed by atoms with E-state index in [9.17, 15) is 9.90 Å². The smallest absolute Gasteiger partial charge is 0.255 e. The number of halogens is 2. The predicted octanol–water partition coefficient (Wildman–Crippen LogP) is 4.86. The van der Waals surface area contributed by atoms with Crippen molar-refractivity contribution in [3.63, 3.8) is 0 Å². The number of carbonyl (C=O) groups is 1. The van der Waals surface area contributed by atoms with Crippen molar-refractivity contribution >= 4 is 51.8 Å². The number of nitrogens with zero attached hydrogens (tertiary/aromatic N) is 3. The maximum atomic E-state index is 12.6. The van der Waals surface area contributed by atoms with E-state index in [1.54, 1.807) is 0 Å². The standard InChI is InChI=1S/C23H25Cl2N5O2/c1-30(2)21-16-5-3-4-6-19(16)28-23(29-21)27-15-9-7-14(8-10-15)26-22(32)17-11-13(24)12-18(25)20(17)31/h3-6,11-12,14-15,31H,7-10H2,1-2H3,(H,26,32)(H,27,28,29). The Kier molecular flexibility index (Phi) is 6.58. The Bertz CT molecular complexity index is 1150. The fraction of sp³-hybridized carbons (Fsp3) is 0.348. The van der Waals surface area contributed by atoms with Crippen LogP contribution >= 0.6 is 23.2 Å². The van der Waals surface area contributed by atoms with Gasteiger partial charge in [0.1, 0.15) is 11.6 Å². The summed E-state index contributed by atoms with van der Waals surface area (Å²) < 4.78 is 0. The number of carbonyl (C=O) groups excluding carboxylic acids is 1. The van der Waals surface area contributed by atoms with Gasteiger partial charge in [-0.25, -0.2) is 4.98 Å². The molecule has 7 nitrogen and oxygen atoms in total. The Morgan fingerprint density at radius 3 is 2.47 bits per heavy atom. The average molecular weight is 474 g/mol. The zero-order valence-electron chi connectivity index (χ0n) is 17.9. The minimum atomic E-state index is -0.378. The number of aromatic hydroxyl groups is 1. The molecule has 9 heteroatoms. The molecule has 4 rings (SSSR count). The van der Waals surface area contributed by atoms with E-state index >= 15 is 0 Å². The van der Waals surface area contributed by atoms with E-state index in [4.69, 9.17) is 28.2 Å². The van der Waals surface area contributed by atoms with E-state index in [1.807, 2.05) is 43.3 Å². The lowest BCUT2D eigenvalue weighted by atomic mass is 9.91. The molecular formula is C23H25Cl2N5O2. The van der Waals surface area contributed by atoms with Crippen LogP contribution in [-0.2, 0) is 0 Å². The van der Waals surface area contributed by atoms with Gasteiger partial charge in [-0.15, -0.1) is 0 Å². The quantitative estimate of drug-likeness (QED) is 0.489. The number of rotatable bonds is 5. The van der Waals surface area contributed by atoms with Crippen LogP contribution in [0.15, 0.2) is 36.4 Å². The zero-order chi connectivity index (χ0) is 22.8. The van der Waals surface area contributed by atoms with E-state index in [2.05, 4.69) is 15.6 Å². The number of para-hydroxylation sites is 1. The van der Waals surface area contributed by atoms with Crippen molar-refractivity contribution in [2.75, 3.05) is 24.3 Å². The number of amides is 1. The summed E-state index contributed by atoms with van der Waals surface area (Å²) in [6.45, 7) is 0. The molecule has 1 amide bonds. The first-order valence-corrected chi connectivity index (χ1v) is 11.3. The SMILES string of the molecule is CN(C)c1nc(NC2CCC(NC(=O)c3cc(Cl)cc(Cl)c3O)CC2)nc2ccccc12. The fourth-order valence-corrected chi connectivity index (χ4v) is 4.53. The number of benzene rings is 2. The number of aromatic nitrogens is 2. The molecule has 1 aliphatic rings. The summed E-state index contributed by atoms with van der Waals surface area (Å²) >= 11 is 11.9. The van der Waals surface area contributed by atoms with Crippen LogP contribution in [0.2, 0.25) is 10.0 Å². The molecule has 1 aromatic heterocycles. The van der Waals surface area contributed by atoms with Crippen molar-refractivity contribution in [3.8, 4) is 5.75 Å². The van der Waals surface area contributed by atoms with Crippen LogP contribution in [0.1, 0.15) is 36.0 Å². The van der Waals surface area contributed by atoms with Crippen molar-refractivity contribution < 1.29 is 9.90 Å². The van der Waals surface area contributed by atoms with E-state index in [-0.39, 0.29) is 34.3 Å². The first kappa shape index (κ1) is 22.4. The second kappa shape index (κ2) is 9.38. The molecule has 1 heterocycles. The summed E-state index contributed by atoms with van der Waals surface area (Å²) in [4.78, 5) is 24.0. The van der Waals surface area contributed by atoms with Gasteiger partial charge < -0.3 is 20.6 Å². The van der Waals surface area contributed by atoms with Gasteiger partial charge in [-0.1, -0.05) is 35.3 Å². The lowest BCUT2D eigenvalue weighted by Crippen LogP contribution is -2.40. The van der Waals surface area contributed by atoms with E-state index < -0.39 is 0 Å². The monoisotopic (exact) mass is 473 g/mol. The van der Waals surface area contributed by atoms with Crippen molar-refractivity contribution in [3.05, 3.63) is 52.0 Å². The summed E-state index contributed by atoms with van der Waals surface area (Å²) in [6.07, 6.45) is 3.32. The summed E-state index contributed by atoms with van der Waals surface area (Å²) in [5.41, 5.74) is 0.984. The third-order valence-electron chi connectivity index (χ3n) is 5.68. The minimum absolute atomic E-state index is 0.00700. The van der Waals surface area contributed by atoms with Gasteiger partial charge in [0.15, 0.2) is 0 Å². The summed E-state index contributed by atoms with van der Waals surface area (Å²) in [5, 5.41) is 17.9. The lowest BCUT2D eigenvalue weighted by Gasteiger charge is -2.30. The predicted molar refractivity (Wildman–Crippen MR) is 129 cm³/mol. The number of anilines is 2. The number of fused-ring (bicyclic) bond motifs is 1. The van der Waals surface area contributed by atoms with Crippen LogP contribution in [0.25, 0.3) is 10.9 Å². The number of phenols is 1. The highest BCUT2D eigenvalue weighted by molar-refractivity contribution is 6.36. The molecule has 3 N–H and O–H groups in total. The summed E-state index contributed by atoms with van der Waals surface area (Å²) in [5.74, 6) is 0.850. The maximum Gasteiger partial charge on any atom is 0.255 e. The molecule has 0 atom stereocenters. The number of nitrogens with one attached hydrogen (secondary N) is 2. The Morgan fingerprint density at radius 1 is 1.06 bits per heavy atom. The topological polar surface area (TPSA) is 90.4 Å². The molecule has 3 aromatic rings. The molecule has 168 valence electrons. The van der Waals surface area contributed by atoms with Gasteiger partial charge in [0, 0.05) is 36.6 Å². The largest absolute Gasteiger partial charge is 0.506 e. The molecule has 0 radical (unpaired) electrons. The van der Waals surface area contributed by atoms with Crippen LogP contribution in [-0.4, -0.2) is 47.2 Å². The maximum absolute atomic E-state index is 12.6. The van der Waals surface area contributed by atoms with Gasteiger partial charge in [0.25, 0.3) is 5.91 Å². The number of hydrogen-bond donors (Lipinski definition) is 3. The van der Waals surface area contributed by atoms with Crippen molar-refractivity contribution in [2.24, 2.45) is 0 Å². The molecule has 0 bridgehead atoms. The molecule has 0 spiro atoms. The van der Waals surface area contributed by atoms with Crippen LogP contribution in [0.3, 0.4) is 0 Å². The molecule has 0 saturated heterocycles. The van der Waals surface area contributed by atoms with Crippen molar-refractivity contribution in [2.45, 2.75) is 37.8 Å². The van der Waals surface area contributed by atoms with Crippen molar-refractivity contribution in [1.29, 1.82) is 0 Å². The van der Waals surface area contributed by atoms with Gasteiger partial charge in [0.05, 0.1) is 16.1 Å². The third kappa shape index (κ3) is 4.84. The van der Waals surface area contributed by atoms with E-state index in [1.165, 1.54) is 12.1 Å². The van der Waals surface area contributed by atoms with Crippen molar-refractivity contribution in [1.82, 2.24) is 15.3 Å². The van der Waals surface area contributed by atoms with Gasteiger partial charge in [0.2, 0.25) is 5.95 Å². The number of hydrogen-bond acceptors (Lipinski definition) is 6. The first-order chi connectivity index (χ1) is 15.3.